The van der Waals surface area contributed by atoms with Gasteiger partial charge in [-0.25, -0.2) is 0 Å². The predicted octanol–water partition coefficient (Wildman–Crippen LogP) is 3.71. The highest BCUT2D eigenvalue weighted by Crippen LogP contribution is 2.23. The third-order valence-electron chi connectivity index (χ3n) is 3.57. The fourth-order valence-corrected chi connectivity index (χ4v) is 2.61. The maximum absolute atomic E-state index is 9.88. The Bertz CT molecular complexity index is 400. The van der Waals surface area contributed by atoms with Gasteiger partial charge in [-0.15, -0.1) is 0 Å². The monoisotopic (exact) mass is 245 g/mol. The maximum Gasteiger partial charge on any atom is 0.120 e. The fraction of sp³-hybridized carbons (Fsp3) is 0.500. The highest BCUT2D eigenvalue weighted by Gasteiger charge is 2.18. The molecule has 2 rings (SSSR count). The number of hydrogen-bond acceptors (Lipinski definition) is 2. The lowest BCUT2D eigenvalue weighted by Crippen LogP contribution is -2.35. The Morgan fingerprint density at radius 2 is 2.17 bits per heavy atom. The van der Waals surface area contributed by atoms with Crippen molar-refractivity contribution in [3.63, 3.8) is 0 Å². The van der Waals surface area contributed by atoms with Crippen LogP contribution in [0.3, 0.4) is 0 Å². The first kappa shape index (κ1) is 13.2. The zero-order valence-corrected chi connectivity index (χ0v) is 11.2. The van der Waals surface area contributed by atoms with Crippen LogP contribution >= 0.6 is 0 Å². The van der Waals surface area contributed by atoms with E-state index in [-0.39, 0.29) is 0 Å². The highest BCUT2D eigenvalue weighted by molar-refractivity contribution is 5.31. The first-order valence-corrected chi connectivity index (χ1v) is 6.99. The minimum Gasteiger partial charge on any atom is -0.508 e. The van der Waals surface area contributed by atoms with Crippen LogP contribution in [0.5, 0.6) is 5.75 Å². The molecule has 0 spiro atoms. The van der Waals surface area contributed by atoms with Crippen LogP contribution in [0, 0.1) is 0 Å². The lowest BCUT2D eigenvalue weighted by atomic mass is 10.0. The quantitative estimate of drug-likeness (QED) is 0.799. The first-order chi connectivity index (χ1) is 8.81. The molecule has 0 heterocycles. The average molecular weight is 245 g/mol. The average Bonchev–Trinajstić information content (AvgIpc) is 2.42. The SMILES string of the molecule is CCCN(Cc1ccccc1O)C1C=CCCC1. The van der Waals surface area contributed by atoms with Gasteiger partial charge in [0.15, 0.2) is 0 Å². The Labute approximate surface area is 110 Å². The minimum absolute atomic E-state index is 0.415. The number of para-hydroxylation sites is 1. The number of rotatable bonds is 5. The van der Waals surface area contributed by atoms with Crippen molar-refractivity contribution < 1.29 is 5.11 Å². The van der Waals surface area contributed by atoms with E-state index in [2.05, 4.69) is 24.0 Å². The van der Waals surface area contributed by atoms with E-state index in [4.69, 9.17) is 0 Å². The second-order valence-electron chi connectivity index (χ2n) is 5.03. The van der Waals surface area contributed by atoms with Crippen molar-refractivity contribution in [1.82, 2.24) is 4.90 Å². The Kier molecular flexibility index (Phi) is 4.82. The highest BCUT2D eigenvalue weighted by atomic mass is 16.3. The smallest absolute Gasteiger partial charge is 0.120 e. The molecule has 0 aromatic heterocycles. The summed E-state index contributed by atoms with van der Waals surface area (Å²) >= 11 is 0. The van der Waals surface area contributed by atoms with Crippen LogP contribution < -0.4 is 0 Å². The van der Waals surface area contributed by atoms with E-state index in [1.165, 1.54) is 19.3 Å². The van der Waals surface area contributed by atoms with Gasteiger partial charge < -0.3 is 5.11 Å². The third kappa shape index (κ3) is 3.36. The molecule has 1 aliphatic rings. The first-order valence-electron chi connectivity index (χ1n) is 6.99. The maximum atomic E-state index is 9.88. The van der Waals surface area contributed by atoms with Gasteiger partial charge in [-0.3, -0.25) is 4.90 Å². The molecule has 0 fully saturated rings. The fourth-order valence-electron chi connectivity index (χ4n) is 2.61. The molecule has 1 aliphatic carbocycles. The van der Waals surface area contributed by atoms with Crippen LogP contribution in [0.15, 0.2) is 36.4 Å². The topological polar surface area (TPSA) is 23.5 Å². The van der Waals surface area contributed by atoms with Crippen LogP contribution in [0.2, 0.25) is 0 Å². The van der Waals surface area contributed by atoms with Gasteiger partial charge in [-0.1, -0.05) is 37.3 Å². The number of phenolic OH excluding ortho intramolecular Hbond substituents is 1. The van der Waals surface area contributed by atoms with Crippen molar-refractivity contribution in [2.24, 2.45) is 0 Å². The van der Waals surface area contributed by atoms with Gasteiger partial charge in [0.25, 0.3) is 0 Å². The molecule has 1 aromatic carbocycles. The summed E-state index contributed by atoms with van der Waals surface area (Å²) in [4.78, 5) is 2.48. The molecular weight excluding hydrogens is 222 g/mol. The van der Waals surface area contributed by atoms with Gasteiger partial charge in [0.2, 0.25) is 0 Å². The zero-order valence-electron chi connectivity index (χ0n) is 11.2. The van der Waals surface area contributed by atoms with E-state index < -0.39 is 0 Å². The summed E-state index contributed by atoms with van der Waals surface area (Å²) in [6.45, 7) is 4.14. The molecule has 1 N–H and O–H groups in total. The van der Waals surface area contributed by atoms with Crippen LogP contribution in [-0.2, 0) is 6.54 Å². The Morgan fingerprint density at radius 1 is 1.33 bits per heavy atom. The molecule has 1 unspecified atom stereocenters. The summed E-state index contributed by atoms with van der Waals surface area (Å²) in [5, 5.41) is 9.88. The zero-order chi connectivity index (χ0) is 12.8. The molecular formula is C16H23NO. The predicted molar refractivity (Wildman–Crippen MR) is 75.6 cm³/mol. The van der Waals surface area contributed by atoms with E-state index in [1.807, 2.05) is 18.2 Å². The summed E-state index contributed by atoms with van der Waals surface area (Å²) < 4.78 is 0. The molecule has 18 heavy (non-hydrogen) atoms. The van der Waals surface area contributed by atoms with Gasteiger partial charge in [0, 0.05) is 18.2 Å². The van der Waals surface area contributed by atoms with Crippen LogP contribution in [0.4, 0.5) is 0 Å². The largest absolute Gasteiger partial charge is 0.508 e. The Morgan fingerprint density at radius 3 is 2.83 bits per heavy atom. The molecule has 98 valence electrons. The van der Waals surface area contributed by atoms with Gasteiger partial charge in [0.05, 0.1) is 0 Å². The second kappa shape index (κ2) is 6.60. The number of benzene rings is 1. The van der Waals surface area contributed by atoms with E-state index in [9.17, 15) is 5.11 Å². The summed E-state index contributed by atoms with van der Waals surface area (Å²) in [6, 6.07) is 8.21. The summed E-state index contributed by atoms with van der Waals surface area (Å²) in [5.74, 6) is 0.415. The molecule has 1 aromatic rings. The minimum atomic E-state index is 0.415. The Hall–Kier alpha value is -1.28. The van der Waals surface area contributed by atoms with Gasteiger partial charge in [0.1, 0.15) is 5.75 Å². The van der Waals surface area contributed by atoms with Crippen molar-refractivity contribution in [2.45, 2.75) is 45.2 Å². The molecule has 2 nitrogen and oxygen atoms in total. The van der Waals surface area contributed by atoms with Gasteiger partial charge in [-0.2, -0.15) is 0 Å². The van der Waals surface area contributed by atoms with E-state index >= 15 is 0 Å². The van der Waals surface area contributed by atoms with Crippen molar-refractivity contribution in [3.8, 4) is 5.75 Å². The molecule has 0 bridgehead atoms. The molecule has 0 saturated heterocycles. The van der Waals surface area contributed by atoms with E-state index in [0.29, 0.717) is 11.8 Å². The van der Waals surface area contributed by atoms with Gasteiger partial charge >= 0.3 is 0 Å². The van der Waals surface area contributed by atoms with Crippen molar-refractivity contribution in [1.29, 1.82) is 0 Å². The van der Waals surface area contributed by atoms with Crippen LogP contribution in [0.1, 0.15) is 38.2 Å². The lowest BCUT2D eigenvalue weighted by Gasteiger charge is -2.31. The Balaban J connectivity index is 2.08. The van der Waals surface area contributed by atoms with Crippen LogP contribution in [-0.4, -0.2) is 22.6 Å². The molecule has 0 radical (unpaired) electrons. The number of allylic oxidation sites excluding steroid dienone is 1. The number of aromatic hydroxyl groups is 1. The van der Waals surface area contributed by atoms with Crippen molar-refractivity contribution in [2.75, 3.05) is 6.54 Å². The standard InChI is InChI=1S/C16H23NO/c1-2-12-17(15-9-4-3-5-10-15)13-14-8-6-7-11-16(14)18/h4,6-9,11,15,18H,2-3,5,10,12-13H2,1H3. The third-order valence-corrected chi connectivity index (χ3v) is 3.57. The van der Waals surface area contributed by atoms with Crippen LogP contribution in [0.25, 0.3) is 0 Å². The molecule has 0 amide bonds. The number of nitrogens with zero attached hydrogens (tertiary/aromatic N) is 1. The molecule has 0 aliphatic heterocycles. The van der Waals surface area contributed by atoms with E-state index in [1.54, 1.807) is 6.07 Å². The number of phenols is 1. The number of hydrogen-bond donors (Lipinski definition) is 1. The lowest BCUT2D eigenvalue weighted by molar-refractivity contribution is 0.203. The molecule has 0 saturated carbocycles. The van der Waals surface area contributed by atoms with Crippen molar-refractivity contribution >= 4 is 0 Å². The molecule has 2 heteroatoms. The summed E-state index contributed by atoms with van der Waals surface area (Å²) in [5.41, 5.74) is 1.03. The normalized spacial score (nSPS) is 19.3. The summed E-state index contributed by atoms with van der Waals surface area (Å²) in [6.07, 6.45) is 9.51. The second-order valence-corrected chi connectivity index (χ2v) is 5.03. The van der Waals surface area contributed by atoms with Crippen molar-refractivity contribution in [3.05, 3.63) is 42.0 Å². The summed E-state index contributed by atoms with van der Waals surface area (Å²) in [7, 11) is 0. The van der Waals surface area contributed by atoms with Gasteiger partial charge in [-0.05, 0) is 38.3 Å². The molecule has 1 atom stereocenters. The van der Waals surface area contributed by atoms with E-state index in [0.717, 1.165) is 25.1 Å².